The van der Waals surface area contributed by atoms with Crippen LogP contribution < -0.4 is 0 Å². The zero-order valence-electron chi connectivity index (χ0n) is 11.2. The predicted octanol–water partition coefficient (Wildman–Crippen LogP) is 3.79. The van der Waals surface area contributed by atoms with E-state index in [0.717, 1.165) is 17.7 Å². The third-order valence-corrected chi connectivity index (χ3v) is 7.43. The van der Waals surface area contributed by atoms with Crippen molar-refractivity contribution in [3.8, 4) is 0 Å². The normalized spacial score (nSPS) is 20.7. The standard InChI is InChI=1S/C13H25BrO2S/c1-13(2,3)17(15,16)9-8-12(10-14)11-6-4-5-7-11/h11-12H,4-10H2,1-3H3. The number of hydrogen-bond donors (Lipinski definition) is 0. The number of alkyl halides is 1. The molecule has 0 heterocycles. The van der Waals surface area contributed by atoms with Crippen molar-refractivity contribution in [3.05, 3.63) is 0 Å². The summed E-state index contributed by atoms with van der Waals surface area (Å²) in [6, 6.07) is 0. The molecule has 1 unspecified atom stereocenters. The van der Waals surface area contributed by atoms with E-state index in [-0.39, 0.29) is 0 Å². The van der Waals surface area contributed by atoms with Crippen LogP contribution in [0.2, 0.25) is 0 Å². The molecule has 102 valence electrons. The van der Waals surface area contributed by atoms with Crippen molar-refractivity contribution < 1.29 is 8.42 Å². The number of sulfone groups is 1. The Morgan fingerprint density at radius 2 is 1.76 bits per heavy atom. The first-order valence-corrected chi connectivity index (χ1v) is 9.33. The summed E-state index contributed by atoms with van der Waals surface area (Å²) in [5.74, 6) is 1.61. The average molecular weight is 325 g/mol. The van der Waals surface area contributed by atoms with E-state index in [2.05, 4.69) is 15.9 Å². The van der Waals surface area contributed by atoms with Gasteiger partial charge in [0, 0.05) is 5.33 Å². The van der Waals surface area contributed by atoms with Gasteiger partial charge in [-0.2, -0.15) is 0 Å². The molecule has 0 aromatic rings. The first-order chi connectivity index (χ1) is 7.78. The highest BCUT2D eigenvalue weighted by Crippen LogP contribution is 2.34. The SMILES string of the molecule is CC(C)(C)S(=O)(=O)CCC(CBr)C1CCCC1. The molecule has 0 bridgehead atoms. The Morgan fingerprint density at radius 1 is 1.24 bits per heavy atom. The minimum absolute atomic E-state index is 0.337. The van der Waals surface area contributed by atoms with Crippen LogP contribution in [-0.2, 0) is 9.84 Å². The second-order valence-corrected chi connectivity index (χ2v) is 9.69. The van der Waals surface area contributed by atoms with Gasteiger partial charge < -0.3 is 0 Å². The fourth-order valence-corrected chi connectivity index (χ4v) is 4.56. The molecule has 0 saturated heterocycles. The second-order valence-electron chi connectivity index (χ2n) is 6.18. The van der Waals surface area contributed by atoms with Gasteiger partial charge in [0.15, 0.2) is 9.84 Å². The van der Waals surface area contributed by atoms with Crippen LogP contribution in [0.5, 0.6) is 0 Å². The van der Waals surface area contributed by atoms with Crippen LogP contribution in [0.3, 0.4) is 0 Å². The fraction of sp³-hybridized carbons (Fsp3) is 1.00. The van der Waals surface area contributed by atoms with Gasteiger partial charge in [-0.05, 0) is 39.0 Å². The number of halogens is 1. The lowest BCUT2D eigenvalue weighted by Gasteiger charge is -2.24. The highest BCUT2D eigenvalue weighted by Gasteiger charge is 2.31. The summed E-state index contributed by atoms with van der Waals surface area (Å²) in [4.78, 5) is 0. The van der Waals surface area contributed by atoms with Gasteiger partial charge in [0.05, 0.1) is 10.5 Å². The lowest BCUT2D eigenvalue weighted by molar-refractivity contribution is 0.364. The molecule has 1 aliphatic carbocycles. The maximum absolute atomic E-state index is 12.1. The summed E-state index contributed by atoms with van der Waals surface area (Å²) in [5, 5.41) is 0.942. The minimum atomic E-state index is -2.95. The van der Waals surface area contributed by atoms with E-state index in [0.29, 0.717) is 11.7 Å². The first kappa shape index (κ1) is 15.5. The van der Waals surface area contributed by atoms with Gasteiger partial charge in [-0.25, -0.2) is 8.42 Å². The minimum Gasteiger partial charge on any atom is -0.228 e. The van der Waals surface area contributed by atoms with Crippen molar-refractivity contribution >= 4 is 25.8 Å². The lowest BCUT2D eigenvalue weighted by Crippen LogP contribution is -2.32. The van der Waals surface area contributed by atoms with Crippen LogP contribution in [0.15, 0.2) is 0 Å². The molecule has 0 spiro atoms. The van der Waals surface area contributed by atoms with Crippen LogP contribution in [0.25, 0.3) is 0 Å². The van der Waals surface area contributed by atoms with Gasteiger partial charge in [-0.3, -0.25) is 0 Å². The maximum Gasteiger partial charge on any atom is 0.155 e. The Kier molecular flexibility index (Phi) is 5.51. The molecule has 1 aliphatic rings. The Hall–Kier alpha value is 0.430. The Labute approximate surface area is 115 Å². The lowest BCUT2D eigenvalue weighted by atomic mass is 9.90. The molecule has 0 aliphatic heterocycles. The quantitative estimate of drug-likeness (QED) is 0.721. The molecule has 1 saturated carbocycles. The van der Waals surface area contributed by atoms with Crippen LogP contribution in [-0.4, -0.2) is 24.2 Å². The first-order valence-electron chi connectivity index (χ1n) is 6.56. The average Bonchev–Trinajstić information content (AvgIpc) is 2.70. The molecule has 0 N–H and O–H groups in total. The molecule has 0 aromatic carbocycles. The Balaban J connectivity index is 2.53. The topological polar surface area (TPSA) is 34.1 Å². The van der Waals surface area contributed by atoms with Crippen molar-refractivity contribution in [2.45, 2.75) is 57.6 Å². The summed E-state index contributed by atoms with van der Waals surface area (Å²) < 4.78 is 23.5. The largest absolute Gasteiger partial charge is 0.228 e. The zero-order valence-corrected chi connectivity index (χ0v) is 13.6. The van der Waals surface area contributed by atoms with E-state index in [1.165, 1.54) is 25.7 Å². The summed E-state index contributed by atoms with van der Waals surface area (Å²) >= 11 is 3.55. The second kappa shape index (κ2) is 6.05. The van der Waals surface area contributed by atoms with Crippen molar-refractivity contribution in [2.75, 3.05) is 11.1 Å². The van der Waals surface area contributed by atoms with Crippen molar-refractivity contribution in [2.24, 2.45) is 11.8 Å². The monoisotopic (exact) mass is 324 g/mol. The van der Waals surface area contributed by atoms with E-state index in [4.69, 9.17) is 0 Å². The summed E-state index contributed by atoms with van der Waals surface area (Å²) in [7, 11) is -2.95. The molecule has 0 radical (unpaired) electrons. The molecule has 4 heteroatoms. The third-order valence-electron chi connectivity index (χ3n) is 3.96. The van der Waals surface area contributed by atoms with Gasteiger partial charge >= 0.3 is 0 Å². The van der Waals surface area contributed by atoms with E-state index >= 15 is 0 Å². The van der Waals surface area contributed by atoms with E-state index in [1.54, 1.807) is 20.8 Å². The molecule has 17 heavy (non-hydrogen) atoms. The molecule has 0 amide bonds. The Bertz CT molecular complexity index is 324. The molecular formula is C13H25BrO2S. The van der Waals surface area contributed by atoms with E-state index in [9.17, 15) is 8.42 Å². The highest BCUT2D eigenvalue weighted by molar-refractivity contribution is 9.09. The molecule has 0 aromatic heterocycles. The molecule has 1 rings (SSSR count). The number of hydrogen-bond acceptors (Lipinski definition) is 2. The van der Waals surface area contributed by atoms with Gasteiger partial charge in [0.25, 0.3) is 0 Å². The van der Waals surface area contributed by atoms with Gasteiger partial charge in [0.2, 0.25) is 0 Å². The molecular weight excluding hydrogens is 300 g/mol. The van der Waals surface area contributed by atoms with Crippen molar-refractivity contribution in [1.82, 2.24) is 0 Å². The molecule has 1 fully saturated rings. The predicted molar refractivity (Wildman–Crippen MR) is 77.4 cm³/mol. The summed E-state index contributed by atoms with van der Waals surface area (Å²) in [6.45, 7) is 5.38. The van der Waals surface area contributed by atoms with Gasteiger partial charge in [-0.15, -0.1) is 0 Å². The molecule has 2 nitrogen and oxygen atoms in total. The van der Waals surface area contributed by atoms with Crippen LogP contribution in [0, 0.1) is 11.8 Å². The van der Waals surface area contributed by atoms with Crippen molar-refractivity contribution in [3.63, 3.8) is 0 Å². The van der Waals surface area contributed by atoms with Crippen LogP contribution in [0.1, 0.15) is 52.9 Å². The summed E-state index contributed by atoms with van der Waals surface area (Å²) in [6.07, 6.45) is 6.02. The number of rotatable bonds is 5. The van der Waals surface area contributed by atoms with Crippen LogP contribution >= 0.6 is 15.9 Å². The van der Waals surface area contributed by atoms with Crippen molar-refractivity contribution in [1.29, 1.82) is 0 Å². The fourth-order valence-electron chi connectivity index (χ4n) is 2.48. The molecule has 1 atom stereocenters. The third kappa shape index (κ3) is 4.23. The maximum atomic E-state index is 12.1. The van der Waals surface area contributed by atoms with E-state index < -0.39 is 14.6 Å². The van der Waals surface area contributed by atoms with Gasteiger partial charge in [-0.1, -0.05) is 41.6 Å². The van der Waals surface area contributed by atoms with Crippen LogP contribution in [0.4, 0.5) is 0 Å². The smallest absolute Gasteiger partial charge is 0.155 e. The van der Waals surface area contributed by atoms with Gasteiger partial charge in [0.1, 0.15) is 0 Å². The summed E-state index contributed by atoms with van der Waals surface area (Å²) in [5.41, 5.74) is 0. The zero-order chi connectivity index (χ0) is 13.1. The highest BCUT2D eigenvalue weighted by atomic mass is 79.9. The van der Waals surface area contributed by atoms with E-state index in [1.807, 2.05) is 0 Å². The Morgan fingerprint density at radius 3 is 2.18 bits per heavy atom.